The summed E-state index contributed by atoms with van der Waals surface area (Å²) >= 11 is 0. The predicted octanol–water partition coefficient (Wildman–Crippen LogP) is 2.63. The summed E-state index contributed by atoms with van der Waals surface area (Å²) in [4.78, 5) is 51.7. The van der Waals surface area contributed by atoms with Crippen molar-refractivity contribution < 1.29 is 18.9 Å². The first-order valence-electron chi connectivity index (χ1n) is 12.0. The molecule has 1 heterocycles. The number of carbonyl (C=O) groups is 3. The molecule has 184 valence electrons. The van der Waals surface area contributed by atoms with Gasteiger partial charge in [-0.3, -0.25) is 23.5 Å². The van der Waals surface area contributed by atoms with Gasteiger partial charge in [-0.05, 0) is 37.3 Å². The summed E-state index contributed by atoms with van der Waals surface area (Å²) in [6, 6.07) is 7.99. The van der Waals surface area contributed by atoms with Crippen molar-refractivity contribution in [3.05, 3.63) is 52.3 Å². The lowest BCUT2D eigenvalue weighted by Gasteiger charge is -2.38. The highest BCUT2D eigenvalue weighted by atomic mass is 16.5. The number of aromatic nitrogens is 2. The van der Waals surface area contributed by atoms with Crippen LogP contribution in [0, 0.1) is 5.92 Å². The lowest BCUT2D eigenvalue weighted by Crippen LogP contribution is -2.62. The number of ketones is 1. The molecule has 0 saturated heterocycles. The third-order valence-corrected chi connectivity index (χ3v) is 6.32. The van der Waals surface area contributed by atoms with Crippen LogP contribution in [0.2, 0.25) is 0 Å². The highest BCUT2D eigenvalue weighted by Crippen LogP contribution is 2.29. The van der Waals surface area contributed by atoms with Crippen LogP contribution in [-0.2, 0) is 22.6 Å². The molecule has 0 radical (unpaired) electrons. The number of amides is 2. The molecular formula is C25H34N4O5. The Morgan fingerprint density at radius 2 is 1.79 bits per heavy atom. The summed E-state index contributed by atoms with van der Waals surface area (Å²) in [5, 5.41) is 9.59. The minimum Gasteiger partial charge on any atom is -0.344 e. The average molecular weight is 471 g/mol. The summed E-state index contributed by atoms with van der Waals surface area (Å²) in [5.74, 6) is -1.16. The molecule has 0 spiro atoms. The minimum absolute atomic E-state index is 0.125. The van der Waals surface area contributed by atoms with Gasteiger partial charge in [-0.1, -0.05) is 63.4 Å². The van der Waals surface area contributed by atoms with Gasteiger partial charge in [-0.15, -0.1) is 0 Å². The van der Waals surface area contributed by atoms with Gasteiger partial charge in [0.2, 0.25) is 5.91 Å². The number of benzene rings is 1. The van der Waals surface area contributed by atoms with Crippen molar-refractivity contribution in [1.82, 2.24) is 20.4 Å². The van der Waals surface area contributed by atoms with E-state index in [1.54, 1.807) is 24.3 Å². The highest BCUT2D eigenvalue weighted by molar-refractivity contribution is 6.00. The zero-order valence-electron chi connectivity index (χ0n) is 20.1. The van der Waals surface area contributed by atoms with Gasteiger partial charge in [0.25, 0.3) is 5.91 Å². The van der Waals surface area contributed by atoms with E-state index in [0.717, 1.165) is 19.3 Å². The number of hydrogen-bond donors (Lipinski definition) is 2. The third-order valence-electron chi connectivity index (χ3n) is 6.32. The van der Waals surface area contributed by atoms with Crippen molar-refractivity contribution in [2.75, 3.05) is 0 Å². The molecule has 34 heavy (non-hydrogen) atoms. The normalized spacial score (nSPS) is 16.1. The first-order valence-corrected chi connectivity index (χ1v) is 12.0. The Balaban J connectivity index is 1.81. The molecular weight excluding hydrogens is 436 g/mol. The number of rotatable bonds is 10. The number of carbonyl (C=O) groups excluding carboxylic acids is 3. The van der Waals surface area contributed by atoms with E-state index in [0.29, 0.717) is 37.1 Å². The van der Waals surface area contributed by atoms with Crippen molar-refractivity contribution in [3.8, 4) is 0 Å². The van der Waals surface area contributed by atoms with Crippen LogP contribution >= 0.6 is 0 Å². The zero-order chi connectivity index (χ0) is 24.7. The summed E-state index contributed by atoms with van der Waals surface area (Å²) in [5.41, 5.74) is -0.600. The first kappa shape index (κ1) is 25.4. The van der Waals surface area contributed by atoms with Crippen molar-refractivity contribution in [1.29, 1.82) is 0 Å². The Labute approximate surface area is 199 Å². The fourth-order valence-corrected chi connectivity index (χ4v) is 4.45. The molecule has 1 atom stereocenters. The van der Waals surface area contributed by atoms with Gasteiger partial charge >= 0.3 is 5.76 Å². The van der Waals surface area contributed by atoms with Gasteiger partial charge in [0.15, 0.2) is 11.6 Å². The van der Waals surface area contributed by atoms with E-state index in [9.17, 15) is 19.2 Å². The second kappa shape index (κ2) is 11.3. The molecule has 9 heteroatoms. The molecule has 1 aromatic carbocycles. The maximum Gasteiger partial charge on any atom is 0.442 e. The molecule has 1 aliphatic rings. The monoisotopic (exact) mass is 470 g/mol. The number of nitrogens with zero attached hydrogens (tertiary/aromatic N) is 2. The molecule has 2 N–H and O–H groups in total. The minimum atomic E-state index is -1.08. The van der Waals surface area contributed by atoms with E-state index in [2.05, 4.69) is 15.8 Å². The Morgan fingerprint density at radius 1 is 1.12 bits per heavy atom. The van der Waals surface area contributed by atoms with E-state index in [-0.39, 0.29) is 30.1 Å². The van der Waals surface area contributed by atoms with Crippen LogP contribution in [0.3, 0.4) is 0 Å². The van der Waals surface area contributed by atoms with E-state index in [4.69, 9.17) is 4.52 Å². The molecule has 0 bridgehead atoms. The topological polar surface area (TPSA) is 123 Å². The van der Waals surface area contributed by atoms with Crippen molar-refractivity contribution in [2.45, 2.75) is 83.8 Å². The molecule has 1 aromatic heterocycles. The van der Waals surface area contributed by atoms with Crippen molar-refractivity contribution >= 4 is 17.6 Å². The molecule has 1 fully saturated rings. The second-order valence-electron chi connectivity index (χ2n) is 9.39. The van der Waals surface area contributed by atoms with Gasteiger partial charge in [-0.25, -0.2) is 4.79 Å². The Morgan fingerprint density at radius 3 is 2.41 bits per heavy atom. The largest absolute Gasteiger partial charge is 0.442 e. The fourth-order valence-electron chi connectivity index (χ4n) is 4.45. The quantitative estimate of drug-likeness (QED) is 0.550. The van der Waals surface area contributed by atoms with Crippen LogP contribution in [-0.4, -0.2) is 38.9 Å². The van der Waals surface area contributed by atoms with Gasteiger partial charge in [0.1, 0.15) is 5.54 Å². The smallest absolute Gasteiger partial charge is 0.344 e. The molecule has 0 unspecified atom stereocenters. The molecule has 2 aromatic rings. The standard InChI is InChI=1S/C25H34N4O5/c1-4-21-28-34-24(33)29(21)16-20(30)19(15-17(2)3)26-23(32)25(13-9-6-10-14-25)27-22(31)18-11-7-5-8-12-18/h5,7-8,11-12,17,19H,4,6,9-10,13-16H2,1-3H3,(H,26,32)(H,27,31)/t19-/m0/s1. The highest BCUT2D eigenvalue weighted by Gasteiger charge is 2.42. The second-order valence-corrected chi connectivity index (χ2v) is 9.39. The van der Waals surface area contributed by atoms with Crippen LogP contribution in [0.25, 0.3) is 0 Å². The number of hydrogen-bond acceptors (Lipinski definition) is 6. The Bertz CT molecular complexity index is 1050. The lowest BCUT2D eigenvalue weighted by atomic mass is 9.80. The van der Waals surface area contributed by atoms with Crippen LogP contribution in [0.5, 0.6) is 0 Å². The first-order chi connectivity index (χ1) is 16.3. The van der Waals surface area contributed by atoms with Gasteiger partial charge in [-0.2, -0.15) is 0 Å². The van der Waals surface area contributed by atoms with E-state index in [1.165, 1.54) is 4.57 Å². The van der Waals surface area contributed by atoms with Crippen LogP contribution in [0.15, 0.2) is 39.6 Å². The molecule has 9 nitrogen and oxygen atoms in total. The van der Waals surface area contributed by atoms with Crippen LogP contribution in [0.1, 0.15) is 75.5 Å². The van der Waals surface area contributed by atoms with Crippen LogP contribution < -0.4 is 16.4 Å². The van der Waals surface area contributed by atoms with E-state index in [1.807, 2.05) is 26.8 Å². The summed E-state index contributed by atoms with van der Waals surface area (Å²) in [6.45, 7) is 5.51. The van der Waals surface area contributed by atoms with E-state index < -0.39 is 17.3 Å². The summed E-state index contributed by atoms with van der Waals surface area (Å²) < 4.78 is 5.90. The van der Waals surface area contributed by atoms with Gasteiger partial charge < -0.3 is 10.6 Å². The Hall–Kier alpha value is -3.23. The Kier molecular flexibility index (Phi) is 8.41. The number of Topliss-reactive ketones (excluding diaryl/α,β-unsaturated/α-hetero) is 1. The molecule has 1 aliphatic carbocycles. The predicted molar refractivity (Wildman–Crippen MR) is 126 cm³/mol. The third kappa shape index (κ3) is 6.01. The van der Waals surface area contributed by atoms with Crippen molar-refractivity contribution in [3.63, 3.8) is 0 Å². The van der Waals surface area contributed by atoms with Gasteiger partial charge in [0, 0.05) is 12.0 Å². The number of nitrogens with one attached hydrogen (secondary N) is 2. The summed E-state index contributed by atoms with van der Waals surface area (Å²) in [7, 11) is 0. The van der Waals surface area contributed by atoms with E-state index >= 15 is 0 Å². The van der Waals surface area contributed by atoms with Gasteiger partial charge in [0.05, 0.1) is 12.6 Å². The molecule has 0 aliphatic heterocycles. The maximum absolute atomic E-state index is 13.6. The molecule has 2 amide bonds. The average Bonchev–Trinajstić information content (AvgIpc) is 3.18. The molecule has 3 rings (SSSR count). The maximum atomic E-state index is 13.6. The van der Waals surface area contributed by atoms with Crippen LogP contribution in [0.4, 0.5) is 0 Å². The SMILES string of the molecule is CCc1noc(=O)n1CC(=O)[C@H](CC(C)C)NC(=O)C1(NC(=O)c2ccccc2)CCCCC1. The molecule has 1 saturated carbocycles. The zero-order valence-corrected chi connectivity index (χ0v) is 20.1. The lowest BCUT2D eigenvalue weighted by molar-refractivity contribution is -0.133. The van der Waals surface area contributed by atoms with Crippen molar-refractivity contribution in [2.24, 2.45) is 5.92 Å². The summed E-state index contributed by atoms with van der Waals surface area (Å²) in [6.07, 6.45) is 4.46. The number of aryl methyl sites for hydroxylation is 1. The fraction of sp³-hybridized carbons (Fsp3) is 0.560.